The van der Waals surface area contributed by atoms with Crippen molar-refractivity contribution in [3.63, 3.8) is 0 Å². The highest BCUT2D eigenvalue weighted by atomic mass is 16.5. The van der Waals surface area contributed by atoms with E-state index >= 15 is 0 Å². The van der Waals surface area contributed by atoms with E-state index in [9.17, 15) is 5.11 Å². The number of hydrogen-bond donors (Lipinski definition) is 2. The van der Waals surface area contributed by atoms with Crippen molar-refractivity contribution < 1.29 is 14.6 Å². The van der Waals surface area contributed by atoms with Gasteiger partial charge in [-0.2, -0.15) is 9.61 Å². The number of aliphatic hydroxyl groups excluding tert-OH is 1. The fourth-order valence-electron chi connectivity index (χ4n) is 4.02. The van der Waals surface area contributed by atoms with E-state index in [1.165, 1.54) is 0 Å². The van der Waals surface area contributed by atoms with Crippen LogP contribution in [0.2, 0.25) is 0 Å². The van der Waals surface area contributed by atoms with Crippen LogP contribution in [0.25, 0.3) is 16.9 Å². The van der Waals surface area contributed by atoms with Gasteiger partial charge in [-0.1, -0.05) is 26.0 Å². The number of fused-ring (bicyclic) bond motifs is 1. The maximum atomic E-state index is 9.95. The van der Waals surface area contributed by atoms with Gasteiger partial charge in [-0.05, 0) is 31.5 Å². The second-order valence-corrected chi connectivity index (χ2v) is 8.67. The maximum absolute atomic E-state index is 9.95. The van der Waals surface area contributed by atoms with Crippen LogP contribution in [0.3, 0.4) is 0 Å². The Balaban J connectivity index is 1.72. The van der Waals surface area contributed by atoms with Crippen LogP contribution in [-0.2, 0) is 4.74 Å². The number of ether oxygens (including phenoxy) is 2. The summed E-state index contributed by atoms with van der Waals surface area (Å²) in [4.78, 5) is 7.24. The maximum Gasteiger partial charge on any atom is 0.161 e. The molecule has 0 aliphatic carbocycles. The Morgan fingerprint density at radius 3 is 2.91 bits per heavy atom. The number of likely N-dealkylation sites (N-methyl/N-ethyl adjacent to an activating group) is 2. The van der Waals surface area contributed by atoms with E-state index in [4.69, 9.17) is 14.5 Å². The Hall–Kier alpha value is -2.68. The van der Waals surface area contributed by atoms with Crippen molar-refractivity contribution in [2.75, 3.05) is 45.4 Å². The van der Waals surface area contributed by atoms with Crippen molar-refractivity contribution in [2.24, 2.45) is 0 Å². The lowest BCUT2D eigenvalue weighted by molar-refractivity contribution is 0.108. The van der Waals surface area contributed by atoms with E-state index in [1.807, 2.05) is 35.0 Å². The van der Waals surface area contributed by atoms with Crippen molar-refractivity contribution in [1.82, 2.24) is 19.9 Å². The molecule has 8 nitrogen and oxygen atoms in total. The summed E-state index contributed by atoms with van der Waals surface area (Å²) in [6.45, 7) is 6.52. The Morgan fingerprint density at radius 2 is 2.19 bits per heavy atom. The molecule has 32 heavy (non-hydrogen) atoms. The van der Waals surface area contributed by atoms with E-state index in [-0.39, 0.29) is 6.61 Å². The van der Waals surface area contributed by atoms with Crippen molar-refractivity contribution in [3.05, 3.63) is 42.1 Å². The Bertz CT molecular complexity index is 1050. The molecule has 0 saturated carbocycles. The molecule has 4 rings (SSSR count). The Kier molecular flexibility index (Phi) is 6.93. The third-order valence-electron chi connectivity index (χ3n) is 5.93. The predicted molar refractivity (Wildman–Crippen MR) is 126 cm³/mol. The van der Waals surface area contributed by atoms with E-state index in [0.29, 0.717) is 30.9 Å². The van der Waals surface area contributed by atoms with Gasteiger partial charge in [0.05, 0.1) is 24.5 Å². The number of rotatable bonds is 9. The fourth-order valence-corrected chi connectivity index (χ4v) is 4.02. The molecule has 3 aromatic rings. The van der Waals surface area contributed by atoms with Crippen LogP contribution >= 0.6 is 0 Å². The smallest absolute Gasteiger partial charge is 0.161 e. The molecule has 0 spiro atoms. The van der Waals surface area contributed by atoms with Gasteiger partial charge in [0.2, 0.25) is 0 Å². The third-order valence-corrected chi connectivity index (χ3v) is 5.93. The quantitative estimate of drug-likeness (QED) is 0.530. The molecular formula is C24H33N5O3. The summed E-state index contributed by atoms with van der Waals surface area (Å²) in [5.41, 5.74) is 3.81. The minimum absolute atomic E-state index is 0.229. The number of aliphatic hydroxyl groups is 1. The molecule has 0 radical (unpaired) electrons. The molecule has 1 aromatic carbocycles. The SMILES string of the molecule is CNCC(O)COc1cccc(-c2cc(N(C)[C@H]3CCOC3)n3ncc(C(C)C)c3n2)c1. The van der Waals surface area contributed by atoms with Crippen molar-refractivity contribution >= 4 is 11.5 Å². The summed E-state index contributed by atoms with van der Waals surface area (Å²) in [6.07, 6.45) is 2.35. The molecule has 3 heterocycles. The lowest BCUT2D eigenvalue weighted by Gasteiger charge is -2.26. The van der Waals surface area contributed by atoms with Gasteiger partial charge < -0.3 is 24.8 Å². The molecule has 1 aliphatic rings. The largest absolute Gasteiger partial charge is 0.491 e. The highest BCUT2D eigenvalue weighted by Crippen LogP contribution is 2.31. The molecule has 172 valence electrons. The molecule has 8 heteroatoms. The van der Waals surface area contributed by atoms with Crippen LogP contribution in [0.5, 0.6) is 5.75 Å². The van der Waals surface area contributed by atoms with Gasteiger partial charge in [-0.3, -0.25) is 0 Å². The first-order valence-corrected chi connectivity index (χ1v) is 11.2. The fraction of sp³-hybridized carbons (Fsp3) is 0.500. The number of nitrogens with one attached hydrogen (secondary N) is 1. The molecule has 1 aliphatic heterocycles. The summed E-state index contributed by atoms with van der Waals surface area (Å²) in [7, 11) is 3.90. The highest BCUT2D eigenvalue weighted by molar-refractivity contribution is 5.69. The molecule has 1 saturated heterocycles. The highest BCUT2D eigenvalue weighted by Gasteiger charge is 2.24. The summed E-state index contributed by atoms with van der Waals surface area (Å²) in [5, 5.41) is 17.6. The first-order valence-electron chi connectivity index (χ1n) is 11.2. The zero-order valence-corrected chi connectivity index (χ0v) is 19.3. The number of aromatic nitrogens is 3. The number of hydrogen-bond acceptors (Lipinski definition) is 7. The predicted octanol–water partition coefficient (Wildman–Crippen LogP) is 2.70. The second kappa shape index (κ2) is 9.85. The topological polar surface area (TPSA) is 84.1 Å². The van der Waals surface area contributed by atoms with Gasteiger partial charge in [0.1, 0.15) is 24.3 Å². The minimum atomic E-state index is -0.563. The van der Waals surface area contributed by atoms with Gasteiger partial charge in [0, 0.05) is 37.4 Å². The van der Waals surface area contributed by atoms with Crippen molar-refractivity contribution in [1.29, 1.82) is 0 Å². The van der Waals surface area contributed by atoms with Gasteiger partial charge in [-0.15, -0.1) is 0 Å². The number of anilines is 1. The van der Waals surface area contributed by atoms with E-state index in [1.54, 1.807) is 7.05 Å². The van der Waals surface area contributed by atoms with Crippen LogP contribution in [0.4, 0.5) is 5.82 Å². The standard InChI is InChI=1S/C24H33N5O3/c1-16(2)21-13-26-29-23(28(4)18-8-9-31-14-18)11-22(27-24(21)29)17-6-5-7-20(10-17)32-15-19(30)12-25-3/h5-7,10-11,13,16,18-19,25,30H,8-9,12,14-15H2,1-4H3/t18-,19?/m0/s1. The molecule has 0 bridgehead atoms. The van der Waals surface area contributed by atoms with Crippen LogP contribution in [0.1, 0.15) is 31.7 Å². The molecule has 1 unspecified atom stereocenters. The molecule has 2 aromatic heterocycles. The average molecular weight is 440 g/mol. The van der Waals surface area contributed by atoms with Crippen molar-refractivity contribution in [2.45, 2.75) is 38.3 Å². The average Bonchev–Trinajstić information content (AvgIpc) is 3.47. The number of nitrogens with zero attached hydrogens (tertiary/aromatic N) is 4. The van der Waals surface area contributed by atoms with Crippen LogP contribution in [0, 0.1) is 0 Å². The van der Waals surface area contributed by atoms with E-state index < -0.39 is 6.10 Å². The molecular weight excluding hydrogens is 406 g/mol. The van der Waals surface area contributed by atoms with Crippen LogP contribution in [-0.4, -0.2) is 72.3 Å². The molecule has 2 atom stereocenters. The number of benzene rings is 1. The second-order valence-electron chi connectivity index (χ2n) is 8.67. The lowest BCUT2D eigenvalue weighted by atomic mass is 10.1. The zero-order valence-electron chi connectivity index (χ0n) is 19.3. The minimum Gasteiger partial charge on any atom is -0.491 e. The van der Waals surface area contributed by atoms with Gasteiger partial charge in [-0.25, -0.2) is 4.98 Å². The van der Waals surface area contributed by atoms with Crippen LogP contribution < -0.4 is 15.0 Å². The normalized spacial score (nSPS) is 17.2. The van der Waals surface area contributed by atoms with Crippen LogP contribution in [0.15, 0.2) is 36.5 Å². The Labute approximate surface area is 189 Å². The summed E-state index contributed by atoms with van der Waals surface area (Å²) in [6, 6.07) is 10.2. The molecule has 2 N–H and O–H groups in total. The van der Waals surface area contributed by atoms with Gasteiger partial charge in [0.25, 0.3) is 0 Å². The van der Waals surface area contributed by atoms with E-state index in [0.717, 1.165) is 41.3 Å². The monoisotopic (exact) mass is 439 g/mol. The lowest BCUT2D eigenvalue weighted by Crippen LogP contribution is -2.33. The Morgan fingerprint density at radius 1 is 1.34 bits per heavy atom. The van der Waals surface area contributed by atoms with E-state index in [2.05, 4.69) is 42.3 Å². The summed E-state index contributed by atoms with van der Waals surface area (Å²) < 4.78 is 13.4. The first kappa shape index (κ1) is 22.5. The molecule has 0 amide bonds. The third kappa shape index (κ3) is 4.72. The zero-order chi connectivity index (χ0) is 22.7. The van der Waals surface area contributed by atoms with Crippen molar-refractivity contribution in [3.8, 4) is 17.0 Å². The molecule has 1 fully saturated rings. The first-order chi connectivity index (χ1) is 15.5. The summed E-state index contributed by atoms with van der Waals surface area (Å²) in [5.74, 6) is 2.01. The van der Waals surface area contributed by atoms with Gasteiger partial charge in [0.15, 0.2) is 5.65 Å². The summed E-state index contributed by atoms with van der Waals surface area (Å²) >= 11 is 0. The van der Waals surface area contributed by atoms with Gasteiger partial charge >= 0.3 is 0 Å².